The Balaban J connectivity index is 2.78. The van der Waals surface area contributed by atoms with E-state index in [2.05, 4.69) is 4.72 Å². The highest BCUT2D eigenvalue weighted by molar-refractivity contribution is 7.98. The lowest BCUT2D eigenvalue weighted by Crippen LogP contribution is -2.26. The Hall–Kier alpha value is -0.790. The number of sulfonamides is 1. The number of nitrogens with one attached hydrogen (secondary N) is 1. The number of aryl methyl sites for hydroxylation is 1. The maximum Gasteiger partial charge on any atom is 0.241 e. The fraction of sp³-hybridized carbons (Fsp3) is 0.571. The van der Waals surface area contributed by atoms with Crippen molar-refractivity contribution >= 4 is 27.5 Å². The van der Waals surface area contributed by atoms with Crippen LogP contribution in [0.25, 0.3) is 0 Å². The molecule has 0 aromatic heterocycles. The lowest BCUT2D eigenvalue weighted by atomic mass is 10.1. The van der Waals surface area contributed by atoms with Crippen LogP contribution in [0.15, 0.2) is 11.0 Å². The highest BCUT2D eigenvalue weighted by Gasteiger charge is 2.22. The van der Waals surface area contributed by atoms with E-state index in [1.165, 1.54) is 6.92 Å². The maximum atomic E-state index is 13.5. The SMILES string of the molecule is CSCCCCCNS(=O)(=O)c1c(C)cc(F)c(N)c1C. The molecule has 120 valence electrons. The molecule has 0 aliphatic rings. The number of benzene rings is 1. The molecule has 1 aromatic rings. The first-order valence-corrected chi connectivity index (χ1v) is 9.72. The van der Waals surface area contributed by atoms with Gasteiger partial charge in [-0.2, -0.15) is 11.8 Å². The molecular weight excluding hydrogens is 311 g/mol. The quantitative estimate of drug-likeness (QED) is 0.566. The van der Waals surface area contributed by atoms with Crippen molar-refractivity contribution in [3.63, 3.8) is 0 Å². The normalized spacial score (nSPS) is 11.8. The van der Waals surface area contributed by atoms with Crippen LogP contribution in [-0.2, 0) is 10.0 Å². The maximum absolute atomic E-state index is 13.5. The molecule has 3 N–H and O–H groups in total. The van der Waals surface area contributed by atoms with Gasteiger partial charge in [-0.05, 0) is 55.9 Å². The van der Waals surface area contributed by atoms with Gasteiger partial charge in [-0.25, -0.2) is 17.5 Å². The molecule has 7 heteroatoms. The van der Waals surface area contributed by atoms with E-state index in [1.807, 2.05) is 6.26 Å². The van der Waals surface area contributed by atoms with Gasteiger partial charge in [0, 0.05) is 6.54 Å². The monoisotopic (exact) mass is 334 g/mol. The summed E-state index contributed by atoms with van der Waals surface area (Å²) >= 11 is 1.78. The van der Waals surface area contributed by atoms with E-state index in [0.717, 1.165) is 31.1 Å². The number of hydrogen-bond donors (Lipinski definition) is 2. The number of thioether (sulfide) groups is 1. The summed E-state index contributed by atoms with van der Waals surface area (Å²) in [6.45, 7) is 3.48. The summed E-state index contributed by atoms with van der Waals surface area (Å²) in [5, 5.41) is 0. The second kappa shape index (κ2) is 8.00. The largest absolute Gasteiger partial charge is 0.396 e. The Kier molecular flexibility index (Phi) is 6.96. The number of unbranched alkanes of at least 4 members (excludes halogenated alkanes) is 2. The number of nitrogen functional groups attached to an aromatic ring is 1. The lowest BCUT2D eigenvalue weighted by molar-refractivity contribution is 0.574. The Morgan fingerprint density at radius 2 is 1.95 bits per heavy atom. The molecule has 0 unspecified atom stereocenters. The molecule has 0 aliphatic heterocycles. The van der Waals surface area contributed by atoms with E-state index in [-0.39, 0.29) is 16.1 Å². The van der Waals surface area contributed by atoms with Gasteiger partial charge in [-0.1, -0.05) is 6.42 Å². The van der Waals surface area contributed by atoms with Crippen molar-refractivity contribution < 1.29 is 12.8 Å². The Labute approximate surface area is 130 Å². The van der Waals surface area contributed by atoms with E-state index in [1.54, 1.807) is 18.7 Å². The van der Waals surface area contributed by atoms with E-state index >= 15 is 0 Å². The molecule has 0 heterocycles. The van der Waals surface area contributed by atoms with Crippen molar-refractivity contribution in [1.82, 2.24) is 4.72 Å². The zero-order valence-electron chi connectivity index (χ0n) is 12.7. The third-order valence-corrected chi connectivity index (χ3v) is 5.74. The standard InChI is InChI=1S/C14H23FN2O2S2/c1-10-9-12(15)13(16)11(2)14(10)21(18,19)17-7-5-4-6-8-20-3/h9,17H,4-8,16H2,1-3H3. The first-order chi connectivity index (χ1) is 9.81. The molecule has 21 heavy (non-hydrogen) atoms. The first-order valence-electron chi connectivity index (χ1n) is 6.85. The van der Waals surface area contributed by atoms with E-state index in [0.29, 0.717) is 12.1 Å². The highest BCUT2D eigenvalue weighted by atomic mass is 32.2. The van der Waals surface area contributed by atoms with Crippen molar-refractivity contribution in [2.24, 2.45) is 0 Å². The molecule has 1 rings (SSSR count). The van der Waals surface area contributed by atoms with Gasteiger partial charge in [0.2, 0.25) is 10.0 Å². The molecule has 4 nitrogen and oxygen atoms in total. The summed E-state index contributed by atoms with van der Waals surface area (Å²) in [6, 6.07) is 1.16. The van der Waals surface area contributed by atoms with Gasteiger partial charge >= 0.3 is 0 Å². The third kappa shape index (κ3) is 4.86. The fourth-order valence-electron chi connectivity index (χ4n) is 2.17. The minimum Gasteiger partial charge on any atom is -0.396 e. The molecule has 0 radical (unpaired) electrons. The average Bonchev–Trinajstić information content (AvgIpc) is 2.40. The predicted octanol–water partition coefficient (Wildman–Crippen LogP) is 2.84. The number of anilines is 1. The Bertz CT molecular complexity index is 589. The number of halogens is 1. The van der Waals surface area contributed by atoms with Gasteiger partial charge in [-0.15, -0.1) is 0 Å². The summed E-state index contributed by atoms with van der Waals surface area (Å²) in [4.78, 5) is 0.0884. The Morgan fingerprint density at radius 1 is 1.29 bits per heavy atom. The topological polar surface area (TPSA) is 72.2 Å². The smallest absolute Gasteiger partial charge is 0.241 e. The van der Waals surface area contributed by atoms with Crippen LogP contribution in [0.1, 0.15) is 30.4 Å². The summed E-state index contributed by atoms with van der Waals surface area (Å²) in [6.07, 6.45) is 4.89. The lowest BCUT2D eigenvalue weighted by Gasteiger charge is -2.14. The molecule has 1 aromatic carbocycles. The van der Waals surface area contributed by atoms with E-state index in [9.17, 15) is 12.8 Å². The zero-order chi connectivity index (χ0) is 16.0. The minimum absolute atomic E-state index is 0.0884. The van der Waals surface area contributed by atoms with Crippen LogP contribution in [0.3, 0.4) is 0 Å². The number of nitrogens with two attached hydrogens (primary N) is 1. The molecule has 0 saturated carbocycles. The van der Waals surface area contributed by atoms with Crippen LogP contribution in [-0.4, -0.2) is 27.0 Å². The van der Waals surface area contributed by atoms with Crippen LogP contribution in [0, 0.1) is 19.7 Å². The van der Waals surface area contributed by atoms with Gasteiger partial charge in [0.1, 0.15) is 5.82 Å². The van der Waals surface area contributed by atoms with Crippen LogP contribution >= 0.6 is 11.8 Å². The van der Waals surface area contributed by atoms with Crippen LogP contribution in [0.2, 0.25) is 0 Å². The molecule has 0 spiro atoms. The van der Waals surface area contributed by atoms with Crippen molar-refractivity contribution in [2.45, 2.75) is 38.0 Å². The molecule has 0 amide bonds. The molecule has 0 atom stereocenters. The highest BCUT2D eigenvalue weighted by Crippen LogP contribution is 2.27. The molecule has 0 saturated heterocycles. The molecule has 0 bridgehead atoms. The van der Waals surface area contributed by atoms with Crippen molar-refractivity contribution in [1.29, 1.82) is 0 Å². The number of hydrogen-bond acceptors (Lipinski definition) is 4. The minimum atomic E-state index is -3.66. The summed E-state index contributed by atoms with van der Waals surface area (Å²) in [5.74, 6) is 0.500. The van der Waals surface area contributed by atoms with Gasteiger partial charge in [-0.3, -0.25) is 0 Å². The third-order valence-electron chi connectivity index (χ3n) is 3.29. The molecule has 0 fully saturated rings. The Morgan fingerprint density at radius 3 is 2.57 bits per heavy atom. The number of rotatable bonds is 8. The van der Waals surface area contributed by atoms with Crippen LogP contribution in [0.4, 0.5) is 10.1 Å². The summed E-state index contributed by atoms with van der Waals surface area (Å²) in [5.41, 5.74) is 6.11. The fourth-order valence-corrected chi connectivity index (χ4v) is 4.22. The summed E-state index contributed by atoms with van der Waals surface area (Å²) < 4.78 is 40.7. The van der Waals surface area contributed by atoms with Crippen LogP contribution < -0.4 is 10.5 Å². The van der Waals surface area contributed by atoms with Gasteiger partial charge in [0.25, 0.3) is 0 Å². The van der Waals surface area contributed by atoms with Crippen LogP contribution in [0.5, 0.6) is 0 Å². The molecular formula is C14H23FN2O2S2. The second-order valence-electron chi connectivity index (χ2n) is 4.99. The van der Waals surface area contributed by atoms with E-state index < -0.39 is 15.8 Å². The van der Waals surface area contributed by atoms with Gasteiger partial charge < -0.3 is 5.73 Å². The van der Waals surface area contributed by atoms with Crippen molar-refractivity contribution in [3.8, 4) is 0 Å². The van der Waals surface area contributed by atoms with Gasteiger partial charge in [0.15, 0.2) is 0 Å². The van der Waals surface area contributed by atoms with Gasteiger partial charge in [0.05, 0.1) is 10.6 Å². The summed E-state index contributed by atoms with van der Waals surface area (Å²) in [7, 11) is -3.66. The van der Waals surface area contributed by atoms with E-state index in [4.69, 9.17) is 5.73 Å². The average molecular weight is 334 g/mol. The second-order valence-corrected chi connectivity index (χ2v) is 7.68. The van der Waals surface area contributed by atoms with Crippen molar-refractivity contribution in [2.75, 3.05) is 24.3 Å². The van der Waals surface area contributed by atoms with Crippen molar-refractivity contribution in [3.05, 3.63) is 23.0 Å². The molecule has 0 aliphatic carbocycles. The zero-order valence-corrected chi connectivity index (χ0v) is 14.3. The predicted molar refractivity (Wildman–Crippen MR) is 87.7 cm³/mol. The first kappa shape index (κ1) is 18.3.